The maximum absolute atomic E-state index is 8.93. The van der Waals surface area contributed by atoms with Gasteiger partial charge in [-0.05, 0) is 0 Å². The van der Waals surface area contributed by atoms with Crippen LogP contribution in [-0.4, -0.2) is 21.8 Å². The molecule has 0 fully saturated rings. The zero-order chi connectivity index (χ0) is 13.1. The molecule has 0 amide bonds. The van der Waals surface area contributed by atoms with E-state index in [1.807, 2.05) is 0 Å². The van der Waals surface area contributed by atoms with Crippen LogP contribution in [0.1, 0.15) is 18.1 Å². The average molecular weight is 254 g/mol. The minimum absolute atomic E-state index is 0. The van der Waals surface area contributed by atoms with Gasteiger partial charge in [-0.3, -0.25) is 0 Å². The molecule has 0 saturated heterocycles. The van der Waals surface area contributed by atoms with E-state index < -0.39 is 0 Å². The van der Waals surface area contributed by atoms with Gasteiger partial charge in [-0.25, -0.2) is 0 Å². The van der Waals surface area contributed by atoms with Crippen molar-refractivity contribution in [3.05, 3.63) is 71.8 Å². The van der Waals surface area contributed by atoms with Crippen LogP contribution in [0, 0.1) is 0 Å². The van der Waals surface area contributed by atoms with Crippen molar-refractivity contribution in [2.75, 3.05) is 6.61 Å². The van der Waals surface area contributed by atoms with E-state index in [1.165, 1.54) is 21.7 Å². The molecule has 0 N–H and O–H groups in total. The summed E-state index contributed by atoms with van der Waals surface area (Å²) in [5.41, 5.74) is 2.95. The van der Waals surface area contributed by atoms with E-state index in [4.69, 9.17) is 5.11 Å². The van der Waals surface area contributed by atoms with Gasteiger partial charge in [0.1, 0.15) is 0 Å². The summed E-state index contributed by atoms with van der Waals surface area (Å²) in [6.07, 6.45) is 0. The molecule has 0 bridgehead atoms. The second-order valence-corrected chi connectivity index (χ2v) is 5.35. The molecule has 0 aliphatic rings. The molecule has 2 heteroatoms. The first kappa shape index (κ1) is 15.0. The van der Waals surface area contributed by atoms with E-state index >= 15 is 0 Å². The third-order valence-electron chi connectivity index (χ3n) is 2.45. The number of rotatable bonds is 4. The van der Waals surface area contributed by atoms with E-state index in [9.17, 15) is 0 Å². The first-order valence-corrected chi connectivity index (χ1v) is 7.97. The average Bonchev–Trinajstić information content (AvgIpc) is 2.42. The Morgan fingerprint density at radius 2 is 1.11 bits per heavy atom. The third kappa shape index (κ3) is 6.62. The number of benzene rings is 2. The van der Waals surface area contributed by atoms with Crippen LogP contribution in [0.2, 0.25) is 0 Å². The Bertz CT molecular complexity index is 360. The van der Waals surface area contributed by atoms with Gasteiger partial charge in [0.2, 0.25) is 0 Å². The van der Waals surface area contributed by atoms with Crippen molar-refractivity contribution in [2.45, 2.75) is 17.5 Å². The summed E-state index contributed by atoms with van der Waals surface area (Å²) in [5.74, 6) is 0. The van der Waals surface area contributed by atoms with Crippen molar-refractivity contribution in [2.24, 2.45) is 0 Å². The molecule has 0 aliphatic heterocycles. The van der Waals surface area contributed by atoms with Gasteiger partial charge in [0.25, 0.3) is 0 Å². The van der Waals surface area contributed by atoms with Crippen LogP contribution < -0.4 is 5.11 Å². The zero-order valence-corrected chi connectivity index (χ0v) is 12.0. The van der Waals surface area contributed by atoms with Crippen molar-refractivity contribution in [3.63, 3.8) is 0 Å². The number of hydrogen-bond donors (Lipinski definition) is 0. The standard InChI is InChI=1S/2C7H7.C2H5O.Al/c2*1-7-5-3-2-4-6-7;1-2-3;/h2*2-6H,1H2;2H2,1H3;/q;;-1;+1. The van der Waals surface area contributed by atoms with Crippen LogP contribution in [-0.2, 0) is 10.6 Å². The minimum atomic E-state index is 0. The molecular weight excluding hydrogens is 235 g/mol. The second-order valence-electron chi connectivity index (χ2n) is 3.96. The van der Waals surface area contributed by atoms with Crippen LogP contribution in [0.3, 0.4) is 0 Å². The summed E-state index contributed by atoms with van der Waals surface area (Å²) in [5, 5.41) is 11.4. The third-order valence-corrected chi connectivity index (χ3v) is 3.97. The first-order valence-electron chi connectivity index (χ1n) is 6.34. The van der Waals surface area contributed by atoms with Crippen LogP contribution in [0.4, 0.5) is 0 Å². The summed E-state index contributed by atoms with van der Waals surface area (Å²) in [4.78, 5) is 0. The summed E-state index contributed by atoms with van der Waals surface area (Å²) in [6.45, 7) is 1.57. The first-order chi connectivity index (χ1) is 8.86. The van der Waals surface area contributed by atoms with E-state index in [2.05, 4.69) is 60.7 Å². The van der Waals surface area contributed by atoms with Crippen LogP contribution in [0.5, 0.6) is 0 Å². The van der Waals surface area contributed by atoms with Gasteiger partial charge in [0.15, 0.2) is 0 Å². The van der Waals surface area contributed by atoms with E-state index in [0.29, 0.717) is 15.2 Å². The fourth-order valence-electron chi connectivity index (χ4n) is 1.63. The molecule has 1 nitrogen and oxygen atoms in total. The SMILES string of the molecule is CC[O-].c1ccc([CH2][Al+][CH2]c2ccccc2)cc1. The Labute approximate surface area is 116 Å². The Morgan fingerprint density at radius 1 is 0.778 bits per heavy atom. The fourth-order valence-corrected chi connectivity index (χ4v) is 2.99. The molecule has 0 aromatic heterocycles. The maximum atomic E-state index is 8.93. The van der Waals surface area contributed by atoms with Gasteiger partial charge in [0.05, 0.1) is 0 Å². The molecule has 2 rings (SSSR count). The monoisotopic (exact) mass is 254 g/mol. The molecule has 18 heavy (non-hydrogen) atoms. The van der Waals surface area contributed by atoms with E-state index in [0.717, 1.165) is 0 Å². The van der Waals surface area contributed by atoms with Gasteiger partial charge >= 0.3 is 97.6 Å². The van der Waals surface area contributed by atoms with Crippen molar-refractivity contribution in [1.29, 1.82) is 0 Å². The molecular formula is C16H19AlO. The van der Waals surface area contributed by atoms with Crippen LogP contribution in [0.25, 0.3) is 0 Å². The van der Waals surface area contributed by atoms with Crippen LogP contribution >= 0.6 is 0 Å². The van der Waals surface area contributed by atoms with Crippen LogP contribution in [0.15, 0.2) is 60.7 Å². The predicted molar refractivity (Wildman–Crippen MR) is 76.6 cm³/mol. The molecule has 92 valence electrons. The Kier molecular flexibility index (Phi) is 8.25. The predicted octanol–water partition coefficient (Wildman–Crippen LogP) is 2.46. The molecule has 0 saturated carbocycles. The fraction of sp³-hybridized carbons (Fsp3) is 0.250. The molecule has 0 unspecified atom stereocenters. The van der Waals surface area contributed by atoms with Crippen molar-refractivity contribution >= 4 is 15.2 Å². The Hall–Kier alpha value is -1.07. The van der Waals surface area contributed by atoms with E-state index in [-0.39, 0.29) is 6.61 Å². The zero-order valence-electron chi connectivity index (χ0n) is 10.9. The topological polar surface area (TPSA) is 23.1 Å². The van der Waals surface area contributed by atoms with E-state index in [1.54, 1.807) is 6.92 Å². The van der Waals surface area contributed by atoms with Crippen molar-refractivity contribution in [3.8, 4) is 0 Å². The Morgan fingerprint density at radius 3 is 1.44 bits per heavy atom. The molecule has 2 aromatic rings. The van der Waals surface area contributed by atoms with Gasteiger partial charge in [-0.2, -0.15) is 0 Å². The molecule has 2 aromatic carbocycles. The molecule has 0 aliphatic carbocycles. The van der Waals surface area contributed by atoms with Gasteiger partial charge < -0.3 is 5.11 Å². The number of hydrogen-bond acceptors (Lipinski definition) is 1. The second kappa shape index (κ2) is 9.91. The Balaban J connectivity index is 0.000000492. The summed E-state index contributed by atoms with van der Waals surface area (Å²) in [7, 11) is 0. The van der Waals surface area contributed by atoms with Gasteiger partial charge in [-0.15, -0.1) is 6.61 Å². The summed E-state index contributed by atoms with van der Waals surface area (Å²) < 4.78 is 0. The van der Waals surface area contributed by atoms with Crippen molar-refractivity contribution < 1.29 is 5.11 Å². The summed E-state index contributed by atoms with van der Waals surface area (Å²) in [6, 6.07) is 21.5. The summed E-state index contributed by atoms with van der Waals surface area (Å²) >= 11 is 0.501. The molecule has 0 spiro atoms. The molecule has 0 heterocycles. The normalized spacial score (nSPS) is 9.00. The van der Waals surface area contributed by atoms with Crippen molar-refractivity contribution in [1.82, 2.24) is 0 Å². The molecule has 0 atom stereocenters. The van der Waals surface area contributed by atoms with Gasteiger partial charge in [0, 0.05) is 0 Å². The van der Waals surface area contributed by atoms with Gasteiger partial charge in [-0.1, -0.05) is 6.92 Å². The molecule has 0 radical (unpaired) electrons. The quantitative estimate of drug-likeness (QED) is 0.769.